The maximum Gasteiger partial charge on any atom is 0.340 e. The molecule has 1 aliphatic rings. The number of nitriles is 1. The van der Waals surface area contributed by atoms with E-state index in [9.17, 15) is 23.3 Å². The second kappa shape index (κ2) is 9.21. The number of aromatic nitrogens is 1. The summed E-state index contributed by atoms with van der Waals surface area (Å²) in [7, 11) is -4.00. The number of amides is 1. The minimum atomic E-state index is -4.00. The molecule has 1 unspecified atom stereocenters. The molecular formula is C19H19ClN4O5S2. The van der Waals surface area contributed by atoms with Gasteiger partial charge in [-0.15, -0.1) is 11.3 Å². The third kappa shape index (κ3) is 4.98. The molecule has 1 saturated heterocycles. The number of hydrogen-bond acceptors (Lipinski definition) is 9. The summed E-state index contributed by atoms with van der Waals surface area (Å²) in [6.07, 6.45) is 0.387. The molecule has 0 saturated carbocycles. The van der Waals surface area contributed by atoms with E-state index in [-0.39, 0.29) is 28.5 Å². The average molecular weight is 483 g/mol. The fraction of sp³-hybridized carbons (Fsp3) is 0.368. The number of hydrogen-bond donors (Lipinski definition) is 1. The summed E-state index contributed by atoms with van der Waals surface area (Å²) in [5.41, 5.74) is 0.782. The van der Waals surface area contributed by atoms with E-state index in [1.807, 2.05) is 6.07 Å². The van der Waals surface area contributed by atoms with Crippen molar-refractivity contribution in [1.29, 1.82) is 5.26 Å². The first-order valence-electron chi connectivity index (χ1n) is 9.32. The average Bonchev–Trinajstić information content (AvgIpc) is 3.37. The minimum absolute atomic E-state index is 0.0423. The first-order chi connectivity index (χ1) is 14.7. The van der Waals surface area contributed by atoms with Gasteiger partial charge in [0.05, 0.1) is 33.7 Å². The third-order valence-corrected chi connectivity index (χ3v) is 7.79. The fourth-order valence-electron chi connectivity index (χ4n) is 3.21. The van der Waals surface area contributed by atoms with Crippen LogP contribution < -0.4 is 9.62 Å². The lowest BCUT2D eigenvalue weighted by atomic mass is 10.1. The van der Waals surface area contributed by atoms with Crippen LogP contribution in [0.5, 0.6) is 0 Å². The third-order valence-electron chi connectivity index (χ3n) is 4.72. The summed E-state index contributed by atoms with van der Waals surface area (Å²) < 4.78 is 32.1. The number of rotatable bonds is 6. The highest BCUT2D eigenvalue weighted by atomic mass is 35.5. The zero-order valence-corrected chi connectivity index (χ0v) is 19.1. The molecule has 0 radical (unpaired) electrons. The molecule has 1 amide bonds. The van der Waals surface area contributed by atoms with Gasteiger partial charge in [-0.1, -0.05) is 11.6 Å². The number of pyridine rings is 1. The number of carbonyl (C=O) groups is 2. The maximum atomic E-state index is 12.6. The smallest absolute Gasteiger partial charge is 0.340 e. The zero-order chi connectivity index (χ0) is 22.8. The maximum absolute atomic E-state index is 12.6. The van der Waals surface area contributed by atoms with Gasteiger partial charge in [-0.25, -0.2) is 22.9 Å². The van der Waals surface area contributed by atoms with Crippen LogP contribution in [0.3, 0.4) is 0 Å². The number of thiophene rings is 1. The van der Waals surface area contributed by atoms with Gasteiger partial charge in [0.25, 0.3) is 10.0 Å². The van der Waals surface area contributed by atoms with E-state index < -0.39 is 27.8 Å². The van der Waals surface area contributed by atoms with Gasteiger partial charge in [0, 0.05) is 13.1 Å². The predicted molar refractivity (Wildman–Crippen MR) is 115 cm³/mol. The van der Waals surface area contributed by atoms with Crippen LogP contribution in [0.1, 0.15) is 35.0 Å². The summed E-state index contributed by atoms with van der Waals surface area (Å²) in [6, 6.07) is 6.23. The van der Waals surface area contributed by atoms with Crippen molar-refractivity contribution in [2.24, 2.45) is 5.92 Å². The second-order valence-corrected chi connectivity index (χ2v) is 10.4. The SMILES string of the molecule is CCOC(=O)c1cc(C#N)c(N2CCC(C(=O)NS(=O)(=O)c3ccc(Cl)s3)C2)nc1C. The Bertz CT molecular complexity index is 1170. The Labute approximate surface area is 188 Å². The molecule has 2 aromatic heterocycles. The summed E-state index contributed by atoms with van der Waals surface area (Å²) in [5.74, 6) is -1.46. The lowest BCUT2D eigenvalue weighted by Crippen LogP contribution is -2.36. The van der Waals surface area contributed by atoms with Crippen molar-refractivity contribution in [3.8, 4) is 6.07 Å². The van der Waals surface area contributed by atoms with E-state index in [0.717, 1.165) is 11.3 Å². The normalized spacial score (nSPS) is 16.1. The van der Waals surface area contributed by atoms with E-state index in [1.165, 1.54) is 18.2 Å². The predicted octanol–water partition coefficient (Wildman–Crippen LogP) is 2.48. The Hall–Kier alpha value is -2.68. The van der Waals surface area contributed by atoms with Crippen LogP contribution in [-0.2, 0) is 19.6 Å². The quantitative estimate of drug-likeness (QED) is 0.621. The molecule has 0 bridgehead atoms. The monoisotopic (exact) mass is 482 g/mol. The van der Waals surface area contributed by atoms with Crippen LogP contribution in [0.15, 0.2) is 22.4 Å². The van der Waals surface area contributed by atoms with Crippen molar-refractivity contribution in [3.05, 3.63) is 39.4 Å². The number of anilines is 1. The Balaban J connectivity index is 1.76. The van der Waals surface area contributed by atoms with Crippen molar-refractivity contribution < 1.29 is 22.7 Å². The molecule has 12 heteroatoms. The van der Waals surface area contributed by atoms with Crippen LogP contribution in [0.2, 0.25) is 4.34 Å². The Morgan fingerprint density at radius 1 is 1.45 bits per heavy atom. The molecule has 3 heterocycles. The van der Waals surface area contributed by atoms with Crippen molar-refractivity contribution in [2.75, 3.05) is 24.6 Å². The Morgan fingerprint density at radius 2 is 2.19 bits per heavy atom. The van der Waals surface area contributed by atoms with Gasteiger partial charge in [-0.2, -0.15) is 5.26 Å². The Morgan fingerprint density at radius 3 is 2.81 bits per heavy atom. The first-order valence-corrected chi connectivity index (χ1v) is 12.0. The number of halogens is 1. The van der Waals surface area contributed by atoms with Gasteiger partial charge >= 0.3 is 5.97 Å². The lowest BCUT2D eigenvalue weighted by molar-refractivity contribution is -0.122. The van der Waals surface area contributed by atoms with E-state index in [0.29, 0.717) is 28.8 Å². The van der Waals surface area contributed by atoms with Gasteiger partial charge < -0.3 is 9.64 Å². The second-order valence-electron chi connectivity index (χ2n) is 6.78. The standard InChI is InChI=1S/C19H19ClN4O5S2/c1-3-29-19(26)14-8-13(9-21)17(22-11(14)2)24-7-6-12(10-24)18(25)23-31(27,28)16-5-4-15(20)30-16/h4-5,8,12H,3,6-7,10H2,1-2H3,(H,23,25). The van der Waals surface area contributed by atoms with Crippen LogP contribution in [-0.4, -0.2) is 45.0 Å². The van der Waals surface area contributed by atoms with Crippen LogP contribution in [0, 0.1) is 24.2 Å². The van der Waals surface area contributed by atoms with Crippen LogP contribution >= 0.6 is 22.9 Å². The van der Waals surface area contributed by atoms with E-state index in [4.69, 9.17) is 16.3 Å². The highest BCUT2D eigenvalue weighted by Crippen LogP contribution is 2.29. The van der Waals surface area contributed by atoms with Crippen molar-refractivity contribution in [2.45, 2.75) is 24.5 Å². The van der Waals surface area contributed by atoms with Gasteiger partial charge in [0.15, 0.2) is 0 Å². The first kappa shape index (κ1) is 23.0. The molecule has 1 fully saturated rings. The molecule has 9 nitrogen and oxygen atoms in total. The number of nitrogens with one attached hydrogen (secondary N) is 1. The molecule has 1 atom stereocenters. The Kier molecular flexibility index (Phi) is 6.83. The summed E-state index contributed by atoms with van der Waals surface area (Å²) >= 11 is 6.64. The molecule has 0 aliphatic carbocycles. The highest BCUT2D eigenvalue weighted by Gasteiger charge is 2.33. The van der Waals surface area contributed by atoms with Gasteiger partial charge in [-0.05, 0) is 38.5 Å². The number of aryl methyl sites for hydroxylation is 1. The number of esters is 1. The summed E-state index contributed by atoms with van der Waals surface area (Å²) in [5, 5.41) is 9.52. The largest absolute Gasteiger partial charge is 0.462 e. The lowest BCUT2D eigenvalue weighted by Gasteiger charge is -2.20. The number of nitrogens with zero attached hydrogens (tertiary/aromatic N) is 3. The van der Waals surface area contributed by atoms with Gasteiger partial charge in [0.1, 0.15) is 16.1 Å². The fourth-order valence-corrected chi connectivity index (χ4v) is 5.73. The molecular weight excluding hydrogens is 464 g/mol. The summed E-state index contributed by atoms with van der Waals surface area (Å²) in [4.78, 5) is 30.7. The molecule has 0 aromatic carbocycles. The number of sulfonamides is 1. The molecule has 164 valence electrons. The topological polar surface area (TPSA) is 129 Å². The van der Waals surface area contributed by atoms with Crippen molar-refractivity contribution in [3.63, 3.8) is 0 Å². The van der Waals surface area contributed by atoms with E-state index >= 15 is 0 Å². The molecule has 1 aliphatic heterocycles. The van der Waals surface area contributed by atoms with Crippen LogP contribution in [0.25, 0.3) is 0 Å². The van der Waals surface area contributed by atoms with Gasteiger partial charge in [0.2, 0.25) is 5.91 Å². The van der Waals surface area contributed by atoms with E-state index in [1.54, 1.807) is 18.7 Å². The molecule has 2 aromatic rings. The zero-order valence-electron chi connectivity index (χ0n) is 16.7. The number of carbonyl (C=O) groups excluding carboxylic acids is 2. The van der Waals surface area contributed by atoms with Crippen molar-refractivity contribution in [1.82, 2.24) is 9.71 Å². The molecule has 31 heavy (non-hydrogen) atoms. The molecule has 0 spiro atoms. The number of ether oxygens (including phenoxy) is 1. The summed E-state index contributed by atoms with van der Waals surface area (Å²) in [6.45, 7) is 4.11. The molecule has 1 N–H and O–H groups in total. The highest BCUT2D eigenvalue weighted by molar-refractivity contribution is 7.92. The van der Waals surface area contributed by atoms with Crippen molar-refractivity contribution >= 4 is 50.7 Å². The van der Waals surface area contributed by atoms with Gasteiger partial charge in [-0.3, -0.25) is 4.79 Å². The minimum Gasteiger partial charge on any atom is -0.462 e. The molecule has 3 rings (SSSR count). The van der Waals surface area contributed by atoms with E-state index in [2.05, 4.69) is 9.71 Å². The van der Waals surface area contributed by atoms with Crippen LogP contribution in [0.4, 0.5) is 5.82 Å².